The highest BCUT2D eigenvalue weighted by molar-refractivity contribution is 6.02. The predicted octanol–water partition coefficient (Wildman–Crippen LogP) is 3.77. The summed E-state index contributed by atoms with van der Waals surface area (Å²) in [5.41, 5.74) is 3.81. The number of hydrogen-bond acceptors (Lipinski definition) is 5. The molecule has 0 unspecified atom stereocenters. The average molecular weight is 352 g/mol. The Morgan fingerprint density at radius 1 is 1.27 bits per heavy atom. The van der Waals surface area contributed by atoms with Crippen LogP contribution in [0.25, 0.3) is 11.0 Å². The standard InChI is InChI=1S/C20H20N2O4/c1-10-4-5-15-13(7-10)20(26-22-15)21-19(24)17-9-16(23)14-8-11(2)6-12(3)18(14)25-17/h6,8-10H,4-5,7H2,1-3H3,(H,21,24)/t10-/m0/s1. The molecule has 0 radical (unpaired) electrons. The predicted molar refractivity (Wildman–Crippen MR) is 97.6 cm³/mol. The van der Waals surface area contributed by atoms with Gasteiger partial charge in [-0.2, -0.15) is 0 Å². The number of anilines is 1. The molecule has 0 fully saturated rings. The molecule has 1 aliphatic carbocycles. The van der Waals surface area contributed by atoms with Crippen LogP contribution in [0.4, 0.5) is 5.88 Å². The van der Waals surface area contributed by atoms with E-state index < -0.39 is 5.91 Å². The number of fused-ring (bicyclic) bond motifs is 2. The Kier molecular flexibility index (Phi) is 3.90. The van der Waals surface area contributed by atoms with Crippen LogP contribution >= 0.6 is 0 Å². The van der Waals surface area contributed by atoms with Gasteiger partial charge in [0.2, 0.25) is 5.88 Å². The molecule has 4 rings (SSSR count). The smallest absolute Gasteiger partial charge is 0.293 e. The molecule has 1 aromatic carbocycles. The maximum absolute atomic E-state index is 12.6. The van der Waals surface area contributed by atoms with Crippen molar-refractivity contribution >= 4 is 22.8 Å². The van der Waals surface area contributed by atoms with Crippen molar-refractivity contribution in [3.8, 4) is 0 Å². The number of carbonyl (C=O) groups excluding carboxylic acids is 1. The number of aryl methyl sites for hydroxylation is 3. The van der Waals surface area contributed by atoms with Gasteiger partial charge in [0, 0.05) is 11.6 Å². The van der Waals surface area contributed by atoms with Gasteiger partial charge in [0.1, 0.15) is 5.58 Å². The van der Waals surface area contributed by atoms with Gasteiger partial charge in [0.05, 0.1) is 11.1 Å². The summed E-state index contributed by atoms with van der Waals surface area (Å²) in [5, 5.41) is 7.23. The van der Waals surface area contributed by atoms with E-state index in [2.05, 4.69) is 17.4 Å². The number of aromatic nitrogens is 1. The zero-order valence-electron chi connectivity index (χ0n) is 15.0. The Morgan fingerprint density at radius 3 is 2.88 bits per heavy atom. The highest BCUT2D eigenvalue weighted by Crippen LogP contribution is 2.31. The van der Waals surface area contributed by atoms with E-state index in [1.807, 2.05) is 19.9 Å². The molecule has 6 nitrogen and oxygen atoms in total. The largest absolute Gasteiger partial charge is 0.450 e. The van der Waals surface area contributed by atoms with Gasteiger partial charge < -0.3 is 8.94 Å². The highest BCUT2D eigenvalue weighted by atomic mass is 16.5. The summed E-state index contributed by atoms with van der Waals surface area (Å²) >= 11 is 0. The summed E-state index contributed by atoms with van der Waals surface area (Å²) < 4.78 is 11.0. The lowest BCUT2D eigenvalue weighted by molar-refractivity contribution is 0.0994. The van der Waals surface area contributed by atoms with E-state index in [-0.39, 0.29) is 11.2 Å². The zero-order chi connectivity index (χ0) is 18.4. The van der Waals surface area contributed by atoms with Crippen LogP contribution < -0.4 is 10.7 Å². The van der Waals surface area contributed by atoms with Crippen molar-refractivity contribution in [2.45, 2.75) is 40.0 Å². The van der Waals surface area contributed by atoms with Gasteiger partial charge in [0.15, 0.2) is 11.2 Å². The second-order valence-corrected chi connectivity index (χ2v) is 7.17. The lowest BCUT2D eigenvalue weighted by atomic mass is 9.89. The van der Waals surface area contributed by atoms with Gasteiger partial charge in [-0.3, -0.25) is 14.9 Å². The molecule has 0 aliphatic heterocycles. The van der Waals surface area contributed by atoms with Crippen LogP contribution in [0.5, 0.6) is 0 Å². The van der Waals surface area contributed by atoms with Crippen molar-refractivity contribution in [1.29, 1.82) is 0 Å². The van der Waals surface area contributed by atoms with Crippen LogP contribution in [0.3, 0.4) is 0 Å². The summed E-state index contributed by atoms with van der Waals surface area (Å²) in [6.45, 7) is 5.93. The van der Waals surface area contributed by atoms with E-state index in [1.54, 1.807) is 6.07 Å². The number of carbonyl (C=O) groups is 1. The molecule has 2 aromatic heterocycles. The number of rotatable bonds is 2. The Labute approximate surface area is 150 Å². The number of nitrogens with zero attached hydrogens (tertiary/aromatic N) is 1. The Morgan fingerprint density at radius 2 is 2.08 bits per heavy atom. The maximum Gasteiger partial charge on any atom is 0.293 e. The third-order valence-corrected chi connectivity index (χ3v) is 4.91. The molecule has 3 aromatic rings. The molecule has 1 amide bonds. The molecule has 26 heavy (non-hydrogen) atoms. The molecule has 0 bridgehead atoms. The minimum absolute atomic E-state index is 0.0385. The first-order valence-electron chi connectivity index (χ1n) is 8.76. The first kappa shape index (κ1) is 16.6. The SMILES string of the molecule is Cc1cc(C)c2oc(C(=O)Nc3onc4c3C[C@@H](C)CC4)cc(=O)c2c1. The number of benzene rings is 1. The van der Waals surface area contributed by atoms with E-state index in [0.717, 1.165) is 41.6 Å². The monoisotopic (exact) mass is 352 g/mol. The second kappa shape index (κ2) is 6.12. The zero-order valence-corrected chi connectivity index (χ0v) is 15.0. The summed E-state index contributed by atoms with van der Waals surface area (Å²) in [6, 6.07) is 4.91. The first-order valence-corrected chi connectivity index (χ1v) is 8.76. The molecule has 6 heteroatoms. The summed E-state index contributed by atoms with van der Waals surface area (Å²) in [4.78, 5) is 25.0. The molecule has 2 heterocycles. The minimum Gasteiger partial charge on any atom is -0.450 e. The third-order valence-electron chi connectivity index (χ3n) is 4.91. The number of amides is 1. The summed E-state index contributed by atoms with van der Waals surface area (Å²) in [5.74, 6) is 0.312. The van der Waals surface area contributed by atoms with Crippen molar-refractivity contribution in [3.05, 3.63) is 56.6 Å². The van der Waals surface area contributed by atoms with Gasteiger partial charge in [-0.25, -0.2) is 0 Å². The molecule has 0 saturated carbocycles. The second-order valence-electron chi connectivity index (χ2n) is 7.17. The number of nitrogens with one attached hydrogen (secondary N) is 1. The van der Waals surface area contributed by atoms with Crippen LogP contribution in [0, 0.1) is 19.8 Å². The van der Waals surface area contributed by atoms with Crippen LogP contribution in [-0.4, -0.2) is 11.1 Å². The van der Waals surface area contributed by atoms with Crippen LogP contribution in [-0.2, 0) is 12.8 Å². The van der Waals surface area contributed by atoms with Crippen molar-refractivity contribution < 1.29 is 13.7 Å². The van der Waals surface area contributed by atoms with Crippen molar-refractivity contribution in [2.75, 3.05) is 5.32 Å². The summed E-state index contributed by atoms with van der Waals surface area (Å²) in [6.07, 6.45) is 2.72. The van der Waals surface area contributed by atoms with Crippen LogP contribution in [0.15, 0.2) is 31.9 Å². The van der Waals surface area contributed by atoms with Gasteiger partial charge >= 0.3 is 0 Å². The molecular formula is C20H20N2O4. The van der Waals surface area contributed by atoms with Gasteiger partial charge in [0.25, 0.3) is 5.91 Å². The Balaban J connectivity index is 1.69. The van der Waals surface area contributed by atoms with Crippen LogP contribution in [0.1, 0.15) is 46.3 Å². The fourth-order valence-electron chi connectivity index (χ4n) is 3.57. The molecule has 1 atom stereocenters. The van der Waals surface area contributed by atoms with Gasteiger partial charge in [-0.05, 0) is 56.2 Å². The van der Waals surface area contributed by atoms with Gasteiger partial charge in [-0.15, -0.1) is 0 Å². The lowest BCUT2D eigenvalue weighted by Crippen LogP contribution is -2.17. The van der Waals surface area contributed by atoms with E-state index in [1.165, 1.54) is 6.07 Å². The summed E-state index contributed by atoms with van der Waals surface area (Å²) in [7, 11) is 0. The van der Waals surface area contributed by atoms with Crippen LogP contribution in [0.2, 0.25) is 0 Å². The Bertz CT molecular complexity index is 1080. The fourth-order valence-corrected chi connectivity index (χ4v) is 3.57. The number of hydrogen-bond donors (Lipinski definition) is 1. The quantitative estimate of drug-likeness (QED) is 0.759. The van der Waals surface area contributed by atoms with E-state index in [4.69, 9.17) is 8.94 Å². The van der Waals surface area contributed by atoms with E-state index >= 15 is 0 Å². The van der Waals surface area contributed by atoms with Gasteiger partial charge in [-0.1, -0.05) is 18.1 Å². The highest BCUT2D eigenvalue weighted by Gasteiger charge is 2.25. The van der Waals surface area contributed by atoms with Crippen molar-refractivity contribution in [2.24, 2.45) is 5.92 Å². The lowest BCUT2D eigenvalue weighted by Gasteiger charge is -2.16. The van der Waals surface area contributed by atoms with E-state index in [9.17, 15) is 9.59 Å². The molecular weight excluding hydrogens is 332 g/mol. The molecule has 0 spiro atoms. The third kappa shape index (κ3) is 2.81. The van der Waals surface area contributed by atoms with Crippen molar-refractivity contribution in [3.63, 3.8) is 0 Å². The Hall–Kier alpha value is -2.89. The fraction of sp³-hybridized carbons (Fsp3) is 0.350. The molecule has 134 valence electrons. The normalized spacial score (nSPS) is 16.5. The molecule has 0 saturated heterocycles. The minimum atomic E-state index is -0.513. The van der Waals surface area contributed by atoms with E-state index in [0.29, 0.717) is 22.8 Å². The van der Waals surface area contributed by atoms with Crippen molar-refractivity contribution in [1.82, 2.24) is 5.16 Å². The average Bonchev–Trinajstić information content (AvgIpc) is 2.97. The molecule has 1 aliphatic rings. The maximum atomic E-state index is 12.6. The first-order chi connectivity index (χ1) is 12.4. The molecule has 1 N–H and O–H groups in total. The topological polar surface area (TPSA) is 85.3 Å².